The molecule has 0 unspecified atom stereocenters. The average molecular weight is 288 g/mol. The summed E-state index contributed by atoms with van der Waals surface area (Å²) in [4.78, 5) is 22.7. The van der Waals surface area contributed by atoms with Gasteiger partial charge in [0.25, 0.3) is 12.1 Å². The first-order valence-corrected chi connectivity index (χ1v) is 5.84. The first-order valence-electron chi connectivity index (χ1n) is 5.84. The SMILES string of the molecule is O=C(Cc1cccc([N+](=O)[O-])c1)N(CCO)CC(F)F. The van der Waals surface area contributed by atoms with E-state index < -0.39 is 30.4 Å². The minimum Gasteiger partial charge on any atom is -0.395 e. The normalized spacial score (nSPS) is 10.6. The summed E-state index contributed by atoms with van der Waals surface area (Å²) >= 11 is 0. The number of rotatable bonds is 7. The summed E-state index contributed by atoms with van der Waals surface area (Å²) in [5.41, 5.74) is 0.194. The summed E-state index contributed by atoms with van der Waals surface area (Å²) in [6.45, 7) is -1.39. The Hall–Kier alpha value is -2.09. The summed E-state index contributed by atoms with van der Waals surface area (Å²) in [6.07, 6.45) is -2.93. The Bertz CT molecular complexity index is 482. The van der Waals surface area contributed by atoms with Crippen LogP contribution in [0.25, 0.3) is 0 Å². The molecule has 0 heterocycles. The van der Waals surface area contributed by atoms with Crippen LogP contribution in [-0.2, 0) is 11.2 Å². The molecule has 1 aromatic rings. The van der Waals surface area contributed by atoms with E-state index in [4.69, 9.17) is 5.11 Å². The third-order valence-electron chi connectivity index (χ3n) is 2.56. The average Bonchev–Trinajstić information content (AvgIpc) is 2.38. The van der Waals surface area contributed by atoms with Gasteiger partial charge in [-0.25, -0.2) is 8.78 Å². The molecule has 110 valence electrons. The number of amides is 1. The third kappa shape index (κ3) is 4.88. The van der Waals surface area contributed by atoms with Crippen molar-refractivity contribution in [3.05, 3.63) is 39.9 Å². The van der Waals surface area contributed by atoms with E-state index in [-0.39, 0.29) is 18.7 Å². The molecule has 20 heavy (non-hydrogen) atoms. The number of aliphatic hydroxyl groups is 1. The largest absolute Gasteiger partial charge is 0.395 e. The molecule has 1 rings (SSSR count). The van der Waals surface area contributed by atoms with Gasteiger partial charge < -0.3 is 10.0 Å². The van der Waals surface area contributed by atoms with Gasteiger partial charge in [0, 0.05) is 18.7 Å². The number of aliphatic hydroxyl groups excluding tert-OH is 1. The van der Waals surface area contributed by atoms with E-state index in [1.807, 2.05) is 0 Å². The summed E-state index contributed by atoms with van der Waals surface area (Å²) in [5.74, 6) is -0.611. The Morgan fingerprint density at radius 2 is 2.15 bits per heavy atom. The smallest absolute Gasteiger partial charge is 0.269 e. The quantitative estimate of drug-likeness (QED) is 0.604. The molecule has 0 radical (unpaired) electrons. The molecule has 0 atom stereocenters. The van der Waals surface area contributed by atoms with Gasteiger partial charge in [-0.1, -0.05) is 12.1 Å². The van der Waals surface area contributed by atoms with Crippen LogP contribution in [0.5, 0.6) is 0 Å². The van der Waals surface area contributed by atoms with Crippen LogP contribution < -0.4 is 0 Å². The minimum absolute atomic E-state index is 0.169. The fourth-order valence-corrected chi connectivity index (χ4v) is 1.67. The number of halogens is 2. The van der Waals surface area contributed by atoms with E-state index in [1.165, 1.54) is 24.3 Å². The fraction of sp³-hybridized carbons (Fsp3) is 0.417. The molecule has 0 fully saturated rings. The summed E-state index contributed by atoms with van der Waals surface area (Å²) in [7, 11) is 0. The molecule has 0 spiro atoms. The lowest BCUT2D eigenvalue weighted by atomic mass is 10.1. The van der Waals surface area contributed by atoms with Crippen LogP contribution in [0.15, 0.2) is 24.3 Å². The number of nitrogens with zero attached hydrogens (tertiary/aromatic N) is 2. The van der Waals surface area contributed by atoms with Gasteiger partial charge in [0.2, 0.25) is 5.91 Å². The lowest BCUT2D eigenvalue weighted by Crippen LogP contribution is -2.38. The van der Waals surface area contributed by atoms with Crippen LogP contribution in [0, 0.1) is 10.1 Å². The number of carbonyl (C=O) groups excluding carboxylic acids is 1. The van der Waals surface area contributed by atoms with Crippen molar-refractivity contribution in [1.82, 2.24) is 4.90 Å². The van der Waals surface area contributed by atoms with Crippen molar-refractivity contribution in [2.24, 2.45) is 0 Å². The molecule has 0 aromatic heterocycles. The molecule has 1 aromatic carbocycles. The molecule has 0 saturated carbocycles. The molecular weight excluding hydrogens is 274 g/mol. The maximum absolute atomic E-state index is 12.3. The first-order chi connectivity index (χ1) is 9.43. The topological polar surface area (TPSA) is 83.7 Å². The molecule has 1 amide bonds. The Kier molecular flexibility index (Phi) is 5.98. The van der Waals surface area contributed by atoms with Gasteiger partial charge in [0.05, 0.1) is 24.5 Å². The van der Waals surface area contributed by atoms with Crippen molar-refractivity contribution < 1.29 is 23.6 Å². The van der Waals surface area contributed by atoms with Crippen molar-refractivity contribution >= 4 is 11.6 Å². The number of hydrogen-bond acceptors (Lipinski definition) is 4. The van der Waals surface area contributed by atoms with Crippen LogP contribution in [0.3, 0.4) is 0 Å². The minimum atomic E-state index is -2.70. The van der Waals surface area contributed by atoms with Crippen molar-refractivity contribution in [2.45, 2.75) is 12.8 Å². The van der Waals surface area contributed by atoms with Crippen LogP contribution in [0.1, 0.15) is 5.56 Å². The first kappa shape index (κ1) is 16.0. The van der Waals surface area contributed by atoms with E-state index in [9.17, 15) is 23.7 Å². The number of nitro benzene ring substituents is 1. The third-order valence-corrected chi connectivity index (χ3v) is 2.56. The van der Waals surface area contributed by atoms with Gasteiger partial charge in [0.1, 0.15) is 0 Å². The molecule has 1 N–H and O–H groups in total. The van der Waals surface area contributed by atoms with Gasteiger partial charge >= 0.3 is 0 Å². The van der Waals surface area contributed by atoms with Gasteiger partial charge in [-0.05, 0) is 5.56 Å². The van der Waals surface area contributed by atoms with Crippen molar-refractivity contribution in [3.8, 4) is 0 Å². The zero-order valence-electron chi connectivity index (χ0n) is 10.5. The maximum Gasteiger partial charge on any atom is 0.269 e. The van der Waals surface area contributed by atoms with Crippen LogP contribution >= 0.6 is 0 Å². The second-order valence-corrected chi connectivity index (χ2v) is 4.06. The number of alkyl halides is 2. The van der Waals surface area contributed by atoms with Crippen molar-refractivity contribution in [1.29, 1.82) is 0 Å². The standard InChI is InChI=1S/C12H14F2N2O4/c13-11(14)8-15(4-5-17)12(18)7-9-2-1-3-10(6-9)16(19)20/h1-3,6,11,17H,4-5,7-8H2. The van der Waals surface area contributed by atoms with Crippen molar-refractivity contribution in [2.75, 3.05) is 19.7 Å². The highest BCUT2D eigenvalue weighted by molar-refractivity contribution is 5.79. The highest BCUT2D eigenvalue weighted by Gasteiger charge is 2.18. The predicted molar refractivity (Wildman–Crippen MR) is 66.5 cm³/mol. The van der Waals surface area contributed by atoms with Crippen LogP contribution in [0.2, 0.25) is 0 Å². The van der Waals surface area contributed by atoms with Crippen LogP contribution in [0.4, 0.5) is 14.5 Å². The monoisotopic (exact) mass is 288 g/mol. The summed E-state index contributed by atoms with van der Waals surface area (Å²) in [5, 5.41) is 19.4. The lowest BCUT2D eigenvalue weighted by molar-refractivity contribution is -0.384. The molecule has 0 aliphatic heterocycles. The number of benzene rings is 1. The molecule has 0 saturated heterocycles. The van der Waals surface area contributed by atoms with Gasteiger partial charge in [-0.2, -0.15) is 0 Å². The maximum atomic E-state index is 12.3. The zero-order valence-corrected chi connectivity index (χ0v) is 10.5. The van der Waals surface area contributed by atoms with E-state index >= 15 is 0 Å². The second kappa shape index (κ2) is 7.49. The summed E-state index contributed by atoms with van der Waals surface area (Å²) < 4.78 is 24.6. The predicted octanol–water partition coefficient (Wildman–Crippen LogP) is 1.22. The fourth-order valence-electron chi connectivity index (χ4n) is 1.67. The molecule has 0 bridgehead atoms. The van der Waals surface area contributed by atoms with E-state index in [2.05, 4.69) is 0 Å². The summed E-state index contributed by atoms with van der Waals surface area (Å²) in [6, 6.07) is 5.42. The molecular formula is C12H14F2N2O4. The Balaban J connectivity index is 2.76. The van der Waals surface area contributed by atoms with Gasteiger partial charge in [0.15, 0.2) is 0 Å². The number of nitro groups is 1. The Morgan fingerprint density at radius 3 is 2.70 bits per heavy atom. The number of carbonyl (C=O) groups is 1. The lowest BCUT2D eigenvalue weighted by Gasteiger charge is -2.21. The van der Waals surface area contributed by atoms with E-state index in [0.717, 1.165) is 4.90 Å². The number of hydrogen-bond donors (Lipinski definition) is 1. The Labute approximate surface area is 113 Å². The highest BCUT2D eigenvalue weighted by Crippen LogP contribution is 2.14. The molecule has 0 aliphatic carbocycles. The van der Waals surface area contributed by atoms with E-state index in [1.54, 1.807) is 0 Å². The van der Waals surface area contributed by atoms with Crippen LogP contribution in [-0.4, -0.2) is 47.0 Å². The number of non-ortho nitro benzene ring substituents is 1. The second-order valence-electron chi connectivity index (χ2n) is 4.06. The van der Waals surface area contributed by atoms with Gasteiger partial charge in [-0.15, -0.1) is 0 Å². The van der Waals surface area contributed by atoms with Crippen molar-refractivity contribution in [3.63, 3.8) is 0 Å². The zero-order chi connectivity index (χ0) is 15.1. The molecule has 8 heteroatoms. The molecule has 6 nitrogen and oxygen atoms in total. The molecule has 0 aliphatic rings. The Morgan fingerprint density at radius 1 is 1.45 bits per heavy atom. The highest BCUT2D eigenvalue weighted by atomic mass is 19.3. The van der Waals surface area contributed by atoms with E-state index in [0.29, 0.717) is 5.56 Å². The van der Waals surface area contributed by atoms with Gasteiger partial charge in [-0.3, -0.25) is 14.9 Å².